The Labute approximate surface area is 230 Å². The molecule has 5 rings (SSSR count). The van der Waals surface area contributed by atoms with Gasteiger partial charge in [-0.15, -0.1) is 0 Å². The highest BCUT2D eigenvalue weighted by atomic mass is 79.9. The van der Waals surface area contributed by atoms with E-state index < -0.39 is 19.7 Å². The predicted octanol–water partition coefficient (Wildman–Crippen LogP) is 5.74. The molecule has 4 aromatic rings. The van der Waals surface area contributed by atoms with Crippen LogP contribution in [0.2, 0.25) is 18.1 Å². The molecule has 1 aliphatic carbocycles. The van der Waals surface area contributed by atoms with E-state index >= 15 is 0 Å². The van der Waals surface area contributed by atoms with Crippen molar-refractivity contribution in [2.75, 3.05) is 0 Å². The number of fused-ring (bicyclic) bond motifs is 4. The van der Waals surface area contributed by atoms with E-state index in [2.05, 4.69) is 34.9 Å². The molecule has 0 bridgehead atoms. The van der Waals surface area contributed by atoms with Gasteiger partial charge in [-0.1, -0.05) is 38.1 Å². The third kappa shape index (κ3) is 4.40. The normalized spacial score (nSPS) is 15.7. The molecule has 1 aliphatic rings. The smallest absolute Gasteiger partial charge is 0.282 e. The van der Waals surface area contributed by atoms with Gasteiger partial charge in [0.2, 0.25) is 0 Å². The van der Waals surface area contributed by atoms with Gasteiger partial charge in [-0.2, -0.15) is 9.78 Å². The molecule has 6 nitrogen and oxygen atoms in total. The SMILES string of the molecule is Cn1c2c(cc(Br)c1=O)-c1cccc(-n3ncc4cccc(F)c4c3=O)c1CC(CC(C)(C)[Si](C)(C)O)C2. The van der Waals surface area contributed by atoms with Crippen molar-refractivity contribution in [1.82, 2.24) is 14.3 Å². The molecule has 198 valence electrons. The van der Waals surface area contributed by atoms with Gasteiger partial charge in [-0.05, 0) is 88.6 Å². The molecule has 0 spiro atoms. The van der Waals surface area contributed by atoms with Gasteiger partial charge >= 0.3 is 0 Å². The molecule has 0 aliphatic heterocycles. The monoisotopic (exact) mass is 595 g/mol. The molecule has 2 aromatic heterocycles. The summed E-state index contributed by atoms with van der Waals surface area (Å²) in [4.78, 5) is 37.5. The van der Waals surface area contributed by atoms with Gasteiger partial charge < -0.3 is 9.36 Å². The van der Waals surface area contributed by atoms with Crippen molar-refractivity contribution >= 4 is 35.0 Å². The highest BCUT2D eigenvalue weighted by molar-refractivity contribution is 9.10. The molecule has 38 heavy (non-hydrogen) atoms. The van der Waals surface area contributed by atoms with Crippen LogP contribution in [0.1, 0.15) is 31.5 Å². The summed E-state index contributed by atoms with van der Waals surface area (Å²) < 4.78 is 18.2. The van der Waals surface area contributed by atoms with Crippen LogP contribution in [0, 0.1) is 11.7 Å². The van der Waals surface area contributed by atoms with Gasteiger partial charge in [0.25, 0.3) is 11.1 Å². The number of nitrogens with zero attached hydrogens (tertiary/aromatic N) is 3. The van der Waals surface area contributed by atoms with E-state index in [1.807, 2.05) is 37.4 Å². The molecule has 1 atom stereocenters. The van der Waals surface area contributed by atoms with Gasteiger partial charge in [0.1, 0.15) is 5.82 Å². The van der Waals surface area contributed by atoms with Gasteiger partial charge in [0, 0.05) is 23.7 Å². The number of rotatable bonds is 4. The predicted molar refractivity (Wildman–Crippen MR) is 155 cm³/mol. The molecule has 0 saturated heterocycles. The second kappa shape index (κ2) is 9.39. The first-order valence-electron chi connectivity index (χ1n) is 12.7. The molecule has 0 saturated carbocycles. The Balaban J connectivity index is 1.78. The van der Waals surface area contributed by atoms with E-state index in [1.54, 1.807) is 23.7 Å². The number of aromatic nitrogens is 3. The fraction of sp³-hybridized carbons (Fsp3) is 0.345. The Morgan fingerprint density at radius 2 is 1.82 bits per heavy atom. The highest BCUT2D eigenvalue weighted by Crippen LogP contribution is 2.46. The van der Waals surface area contributed by atoms with Crippen molar-refractivity contribution in [2.24, 2.45) is 13.0 Å². The number of hydrogen-bond acceptors (Lipinski definition) is 4. The lowest BCUT2D eigenvalue weighted by molar-refractivity contribution is 0.367. The molecule has 0 radical (unpaired) electrons. The minimum atomic E-state index is -2.51. The topological polar surface area (TPSA) is 77.1 Å². The van der Waals surface area contributed by atoms with E-state index in [4.69, 9.17) is 0 Å². The van der Waals surface area contributed by atoms with Crippen LogP contribution in [0.4, 0.5) is 4.39 Å². The molecule has 0 fully saturated rings. The van der Waals surface area contributed by atoms with Crippen molar-refractivity contribution in [3.63, 3.8) is 0 Å². The van der Waals surface area contributed by atoms with Crippen LogP contribution < -0.4 is 11.1 Å². The van der Waals surface area contributed by atoms with E-state index in [0.717, 1.165) is 28.8 Å². The average molecular weight is 597 g/mol. The zero-order chi connectivity index (χ0) is 27.6. The molecule has 2 aromatic carbocycles. The van der Waals surface area contributed by atoms with Gasteiger partial charge in [0.15, 0.2) is 8.32 Å². The van der Waals surface area contributed by atoms with Crippen molar-refractivity contribution < 1.29 is 9.19 Å². The van der Waals surface area contributed by atoms with E-state index in [0.29, 0.717) is 28.4 Å². The fourth-order valence-electron chi connectivity index (χ4n) is 5.53. The summed E-state index contributed by atoms with van der Waals surface area (Å²) in [5, 5.41) is 4.61. The van der Waals surface area contributed by atoms with Crippen molar-refractivity contribution in [1.29, 1.82) is 0 Å². The maximum Gasteiger partial charge on any atom is 0.282 e. The van der Waals surface area contributed by atoms with Crippen molar-refractivity contribution in [3.05, 3.63) is 90.9 Å². The summed E-state index contributed by atoms with van der Waals surface area (Å²) in [6.45, 7) is 8.13. The molecule has 1 N–H and O–H groups in total. The minimum absolute atomic E-state index is 0.00461. The van der Waals surface area contributed by atoms with Crippen LogP contribution in [0.25, 0.3) is 27.6 Å². The third-order valence-electron chi connectivity index (χ3n) is 8.36. The lowest BCUT2D eigenvalue weighted by atomic mass is 9.87. The second-order valence-electron chi connectivity index (χ2n) is 11.5. The van der Waals surface area contributed by atoms with Crippen LogP contribution in [0.3, 0.4) is 0 Å². The summed E-state index contributed by atoms with van der Waals surface area (Å²) >= 11 is 3.43. The van der Waals surface area contributed by atoms with Gasteiger partial charge in [-0.3, -0.25) is 9.59 Å². The highest BCUT2D eigenvalue weighted by Gasteiger charge is 2.40. The Morgan fingerprint density at radius 3 is 2.53 bits per heavy atom. The van der Waals surface area contributed by atoms with Crippen LogP contribution >= 0.6 is 15.9 Å². The van der Waals surface area contributed by atoms with Gasteiger partial charge in [-0.25, -0.2) is 4.39 Å². The van der Waals surface area contributed by atoms with Crippen LogP contribution in [0.15, 0.2) is 62.7 Å². The number of benzene rings is 2. The molecule has 1 unspecified atom stereocenters. The quantitative estimate of drug-likeness (QED) is 0.305. The van der Waals surface area contributed by atoms with Crippen molar-refractivity contribution in [2.45, 2.75) is 51.2 Å². The summed E-state index contributed by atoms with van der Waals surface area (Å²) in [5.41, 5.74) is 3.63. The summed E-state index contributed by atoms with van der Waals surface area (Å²) in [7, 11) is -0.727. The first-order chi connectivity index (χ1) is 17.8. The van der Waals surface area contributed by atoms with E-state index in [-0.39, 0.29) is 21.9 Å². The number of halogens is 2. The Hall–Kier alpha value is -2.88. The molecule has 2 heterocycles. The summed E-state index contributed by atoms with van der Waals surface area (Å²) in [6, 6.07) is 12.1. The number of hydrogen-bond donors (Lipinski definition) is 1. The maximum absolute atomic E-state index is 14.7. The standard InChI is InChI=1S/C29H31BrFN3O3Si/c1-29(2,38(4,5)37)15-17-12-20-19(21-14-22(30)27(35)33(3)25(21)13-17)9-7-11-24(20)34-28(36)26-18(16-32-34)8-6-10-23(26)31/h6-11,14,16-17,37H,12-13,15H2,1-5H3. The Morgan fingerprint density at radius 1 is 1.11 bits per heavy atom. The maximum atomic E-state index is 14.7. The number of pyridine rings is 1. The third-order valence-corrected chi connectivity index (χ3v) is 12.4. The summed E-state index contributed by atoms with van der Waals surface area (Å²) in [6.07, 6.45) is 3.52. The molecular formula is C29H31BrFN3O3Si. The largest absolute Gasteiger partial charge is 0.432 e. The van der Waals surface area contributed by atoms with Crippen LogP contribution in [0.5, 0.6) is 0 Å². The van der Waals surface area contributed by atoms with E-state index in [9.17, 15) is 18.8 Å². The second-order valence-corrected chi connectivity index (χ2v) is 16.8. The Bertz CT molecular complexity index is 1700. The lowest BCUT2D eigenvalue weighted by Crippen LogP contribution is -2.40. The lowest BCUT2D eigenvalue weighted by Gasteiger charge is -2.38. The minimum Gasteiger partial charge on any atom is -0.432 e. The zero-order valence-electron chi connectivity index (χ0n) is 22.2. The van der Waals surface area contributed by atoms with Gasteiger partial charge in [0.05, 0.1) is 21.7 Å². The van der Waals surface area contributed by atoms with Crippen LogP contribution in [-0.4, -0.2) is 27.5 Å². The first-order valence-corrected chi connectivity index (χ1v) is 16.4. The average Bonchev–Trinajstić information content (AvgIpc) is 2.99. The molecular weight excluding hydrogens is 565 g/mol. The van der Waals surface area contributed by atoms with Crippen LogP contribution in [-0.2, 0) is 19.9 Å². The first kappa shape index (κ1) is 26.7. The fourth-order valence-corrected chi connectivity index (χ4v) is 6.81. The van der Waals surface area contributed by atoms with E-state index in [1.165, 1.54) is 16.9 Å². The zero-order valence-corrected chi connectivity index (χ0v) is 24.8. The molecule has 9 heteroatoms. The Kier molecular flexibility index (Phi) is 6.60. The van der Waals surface area contributed by atoms with Crippen molar-refractivity contribution in [3.8, 4) is 16.8 Å². The summed E-state index contributed by atoms with van der Waals surface area (Å²) in [5.74, 6) is -0.491. The molecule has 0 amide bonds.